The molecule has 3 rings (SSSR count). The molecule has 7 nitrogen and oxygen atoms in total. The highest BCUT2D eigenvalue weighted by Crippen LogP contribution is 2.32. The van der Waals surface area contributed by atoms with E-state index in [0.29, 0.717) is 17.1 Å². The third kappa shape index (κ3) is 4.23. The number of carbonyl (C=O) groups excluding carboxylic acids is 2. The maximum Gasteiger partial charge on any atom is 0.309 e. The summed E-state index contributed by atoms with van der Waals surface area (Å²) in [4.78, 5) is 24.2. The van der Waals surface area contributed by atoms with Crippen molar-refractivity contribution < 1.29 is 28.2 Å². The van der Waals surface area contributed by atoms with Crippen LogP contribution < -0.4 is 20.1 Å². The third-order valence-electron chi connectivity index (χ3n) is 4.58. The second-order valence-electron chi connectivity index (χ2n) is 6.47. The SMILES string of the molecule is COC(C)(CNC(=O)C(=O)NCc1ccc2c(c1)OCO2)c1ccccc1F. The van der Waals surface area contributed by atoms with Crippen LogP contribution in [0.25, 0.3) is 0 Å². The molecular weight excluding hydrogens is 367 g/mol. The predicted molar refractivity (Wildman–Crippen MR) is 98.2 cm³/mol. The summed E-state index contributed by atoms with van der Waals surface area (Å²) in [5.74, 6) is -0.852. The minimum Gasteiger partial charge on any atom is -0.454 e. The predicted octanol–water partition coefficient (Wildman–Crippen LogP) is 1.85. The third-order valence-corrected chi connectivity index (χ3v) is 4.58. The monoisotopic (exact) mass is 388 g/mol. The van der Waals surface area contributed by atoms with Crippen LogP contribution in [0.15, 0.2) is 42.5 Å². The van der Waals surface area contributed by atoms with Crippen LogP contribution in [0.5, 0.6) is 11.5 Å². The van der Waals surface area contributed by atoms with E-state index in [1.807, 2.05) is 0 Å². The molecule has 1 heterocycles. The van der Waals surface area contributed by atoms with Gasteiger partial charge >= 0.3 is 11.8 Å². The number of hydrogen-bond donors (Lipinski definition) is 2. The standard InChI is InChI=1S/C20H21FN2O5/c1-20(26-2,14-5-3-4-6-15(14)21)11-23-19(25)18(24)22-10-13-7-8-16-17(9-13)28-12-27-16/h3-9H,10-12H2,1-2H3,(H,22,24)(H,23,25). The van der Waals surface area contributed by atoms with E-state index in [4.69, 9.17) is 14.2 Å². The number of benzene rings is 2. The van der Waals surface area contributed by atoms with Gasteiger partial charge in [-0.25, -0.2) is 4.39 Å². The molecule has 0 aliphatic carbocycles. The Morgan fingerprint density at radius 3 is 2.57 bits per heavy atom. The molecule has 0 saturated carbocycles. The Balaban J connectivity index is 1.55. The van der Waals surface area contributed by atoms with Gasteiger partial charge in [0.05, 0.1) is 6.54 Å². The number of methoxy groups -OCH3 is 1. The molecule has 0 bridgehead atoms. The lowest BCUT2D eigenvalue weighted by Crippen LogP contribution is -2.46. The van der Waals surface area contributed by atoms with Crippen molar-refractivity contribution in [1.29, 1.82) is 0 Å². The topological polar surface area (TPSA) is 85.9 Å². The van der Waals surface area contributed by atoms with Crippen LogP contribution in [-0.2, 0) is 26.5 Å². The normalized spacial score (nSPS) is 14.2. The van der Waals surface area contributed by atoms with Crippen LogP contribution in [0.3, 0.4) is 0 Å². The second-order valence-corrected chi connectivity index (χ2v) is 6.47. The number of carbonyl (C=O) groups is 2. The van der Waals surface area contributed by atoms with Crippen molar-refractivity contribution in [3.05, 3.63) is 59.4 Å². The van der Waals surface area contributed by atoms with Crippen molar-refractivity contribution in [3.8, 4) is 11.5 Å². The van der Waals surface area contributed by atoms with E-state index in [9.17, 15) is 14.0 Å². The Hall–Kier alpha value is -3.13. The first-order valence-corrected chi connectivity index (χ1v) is 8.67. The number of amides is 2. The first-order valence-electron chi connectivity index (χ1n) is 8.67. The minimum absolute atomic E-state index is 0.0687. The molecule has 28 heavy (non-hydrogen) atoms. The molecule has 8 heteroatoms. The van der Waals surface area contributed by atoms with E-state index in [0.717, 1.165) is 5.56 Å². The summed E-state index contributed by atoms with van der Waals surface area (Å²) in [5.41, 5.74) is -0.0597. The Bertz CT molecular complexity index is 889. The summed E-state index contributed by atoms with van der Waals surface area (Å²) in [6.45, 7) is 1.88. The van der Waals surface area contributed by atoms with Gasteiger partial charge in [-0.05, 0) is 30.7 Å². The van der Waals surface area contributed by atoms with Crippen molar-refractivity contribution in [1.82, 2.24) is 10.6 Å². The Morgan fingerprint density at radius 1 is 1.11 bits per heavy atom. The van der Waals surface area contributed by atoms with Crippen LogP contribution in [0.4, 0.5) is 4.39 Å². The molecule has 1 unspecified atom stereocenters. The lowest BCUT2D eigenvalue weighted by atomic mass is 9.95. The highest BCUT2D eigenvalue weighted by atomic mass is 19.1. The zero-order valence-corrected chi connectivity index (χ0v) is 15.6. The van der Waals surface area contributed by atoms with Crippen molar-refractivity contribution in [2.24, 2.45) is 0 Å². The average Bonchev–Trinajstić information content (AvgIpc) is 3.18. The van der Waals surface area contributed by atoms with Gasteiger partial charge in [-0.1, -0.05) is 24.3 Å². The molecule has 0 spiro atoms. The van der Waals surface area contributed by atoms with Crippen molar-refractivity contribution in [2.75, 3.05) is 20.4 Å². The molecule has 0 radical (unpaired) electrons. The van der Waals surface area contributed by atoms with Crippen LogP contribution in [0.2, 0.25) is 0 Å². The molecule has 0 saturated heterocycles. The van der Waals surface area contributed by atoms with E-state index in [1.165, 1.54) is 13.2 Å². The molecule has 0 aromatic heterocycles. The van der Waals surface area contributed by atoms with E-state index < -0.39 is 23.2 Å². The van der Waals surface area contributed by atoms with E-state index in [2.05, 4.69) is 10.6 Å². The maximum atomic E-state index is 14.1. The lowest BCUT2D eigenvalue weighted by molar-refractivity contribution is -0.140. The summed E-state index contributed by atoms with van der Waals surface area (Å²) in [7, 11) is 1.41. The number of nitrogens with one attached hydrogen (secondary N) is 2. The van der Waals surface area contributed by atoms with Crippen molar-refractivity contribution in [3.63, 3.8) is 0 Å². The van der Waals surface area contributed by atoms with Gasteiger partial charge in [-0.2, -0.15) is 0 Å². The van der Waals surface area contributed by atoms with Crippen LogP contribution in [0, 0.1) is 5.82 Å². The number of rotatable bonds is 6. The summed E-state index contributed by atoms with van der Waals surface area (Å²) in [6, 6.07) is 11.4. The van der Waals surface area contributed by atoms with E-state index in [1.54, 1.807) is 43.3 Å². The fourth-order valence-corrected chi connectivity index (χ4v) is 2.81. The largest absolute Gasteiger partial charge is 0.454 e. The Morgan fingerprint density at radius 2 is 1.82 bits per heavy atom. The fourth-order valence-electron chi connectivity index (χ4n) is 2.81. The van der Waals surface area contributed by atoms with Gasteiger partial charge in [-0.3, -0.25) is 9.59 Å². The Labute approximate surface area is 161 Å². The van der Waals surface area contributed by atoms with E-state index >= 15 is 0 Å². The quantitative estimate of drug-likeness (QED) is 0.738. The molecule has 1 aliphatic rings. The number of halogens is 1. The van der Waals surface area contributed by atoms with Crippen molar-refractivity contribution in [2.45, 2.75) is 19.1 Å². The second kappa shape index (κ2) is 8.26. The molecular formula is C20H21FN2O5. The molecule has 2 aromatic rings. The zero-order chi connectivity index (χ0) is 20.1. The summed E-state index contributed by atoms with van der Waals surface area (Å²) < 4.78 is 30.0. The number of hydrogen-bond acceptors (Lipinski definition) is 5. The van der Waals surface area contributed by atoms with Crippen LogP contribution in [0.1, 0.15) is 18.1 Å². The molecule has 1 atom stereocenters. The molecule has 2 amide bonds. The molecule has 2 aromatic carbocycles. The fraction of sp³-hybridized carbons (Fsp3) is 0.300. The highest BCUT2D eigenvalue weighted by Gasteiger charge is 2.30. The Kier molecular flexibility index (Phi) is 5.79. The summed E-state index contributed by atoms with van der Waals surface area (Å²) >= 11 is 0. The number of fused-ring (bicyclic) bond motifs is 1. The molecule has 1 aliphatic heterocycles. The molecule has 2 N–H and O–H groups in total. The van der Waals surface area contributed by atoms with Gasteiger partial charge in [-0.15, -0.1) is 0 Å². The van der Waals surface area contributed by atoms with Gasteiger partial charge in [0.15, 0.2) is 11.5 Å². The van der Waals surface area contributed by atoms with Gasteiger partial charge in [0, 0.05) is 19.2 Å². The van der Waals surface area contributed by atoms with Gasteiger partial charge in [0.25, 0.3) is 0 Å². The first kappa shape index (κ1) is 19.6. The molecule has 148 valence electrons. The summed E-state index contributed by atoms with van der Waals surface area (Å²) in [5, 5.41) is 5.02. The van der Waals surface area contributed by atoms with Crippen LogP contribution in [-0.4, -0.2) is 32.3 Å². The summed E-state index contributed by atoms with van der Waals surface area (Å²) in [6.07, 6.45) is 0. The maximum absolute atomic E-state index is 14.1. The minimum atomic E-state index is -1.11. The zero-order valence-electron chi connectivity index (χ0n) is 15.6. The van der Waals surface area contributed by atoms with Gasteiger partial charge in [0.1, 0.15) is 11.4 Å². The van der Waals surface area contributed by atoms with Gasteiger partial charge in [0.2, 0.25) is 6.79 Å². The van der Waals surface area contributed by atoms with E-state index in [-0.39, 0.29) is 19.9 Å². The smallest absolute Gasteiger partial charge is 0.309 e. The van der Waals surface area contributed by atoms with Crippen LogP contribution >= 0.6 is 0 Å². The molecule has 0 fully saturated rings. The lowest BCUT2D eigenvalue weighted by Gasteiger charge is -2.29. The van der Waals surface area contributed by atoms with Gasteiger partial charge < -0.3 is 24.8 Å². The number of ether oxygens (including phenoxy) is 3. The first-order chi connectivity index (χ1) is 13.4. The highest BCUT2D eigenvalue weighted by molar-refractivity contribution is 6.35. The van der Waals surface area contributed by atoms with Crippen molar-refractivity contribution >= 4 is 11.8 Å². The average molecular weight is 388 g/mol.